The smallest absolute Gasteiger partial charge is 0.00188 e. The molecule has 1 aromatic carbocycles. The van der Waals surface area contributed by atoms with E-state index in [0.717, 1.165) is 17.8 Å². The highest BCUT2D eigenvalue weighted by Crippen LogP contribution is 2.51. The largest absolute Gasteiger partial charge is 0.303 e. The lowest BCUT2D eigenvalue weighted by molar-refractivity contribution is 0.191. The Bertz CT molecular complexity index is 359. The first kappa shape index (κ1) is 11.3. The lowest BCUT2D eigenvalue weighted by Crippen LogP contribution is -2.33. The molecule has 2 aliphatic rings. The monoisotopic (exact) mass is 229 g/mol. The predicted molar refractivity (Wildman–Crippen MR) is 72.1 cm³/mol. The van der Waals surface area contributed by atoms with Crippen LogP contribution in [0.2, 0.25) is 0 Å². The van der Waals surface area contributed by atoms with Gasteiger partial charge in [0, 0.05) is 13.1 Å². The van der Waals surface area contributed by atoms with Gasteiger partial charge in [0.1, 0.15) is 0 Å². The standard InChI is InChI=1S/C16H23N/c1-2-3-9-17-11-14-10-15(16(14)12-17)13-7-5-4-6-8-13/h4-8,14-16H,2-3,9-12H2,1H3. The Morgan fingerprint density at radius 2 is 2.00 bits per heavy atom. The summed E-state index contributed by atoms with van der Waals surface area (Å²) in [5.74, 6) is 2.80. The zero-order chi connectivity index (χ0) is 11.7. The molecule has 92 valence electrons. The van der Waals surface area contributed by atoms with Crippen molar-refractivity contribution in [1.29, 1.82) is 0 Å². The Kier molecular flexibility index (Phi) is 3.19. The quantitative estimate of drug-likeness (QED) is 0.763. The van der Waals surface area contributed by atoms with Crippen molar-refractivity contribution in [2.75, 3.05) is 19.6 Å². The van der Waals surface area contributed by atoms with Crippen LogP contribution in [-0.4, -0.2) is 24.5 Å². The van der Waals surface area contributed by atoms with E-state index in [9.17, 15) is 0 Å². The van der Waals surface area contributed by atoms with Crippen molar-refractivity contribution in [2.24, 2.45) is 11.8 Å². The third-order valence-electron chi connectivity index (χ3n) is 4.70. The van der Waals surface area contributed by atoms with E-state index in [2.05, 4.69) is 42.2 Å². The van der Waals surface area contributed by atoms with E-state index in [1.807, 2.05) is 0 Å². The fourth-order valence-corrected chi connectivity index (χ4v) is 3.65. The normalized spacial score (nSPS) is 32.2. The highest BCUT2D eigenvalue weighted by atomic mass is 15.2. The molecule has 17 heavy (non-hydrogen) atoms. The molecule has 1 nitrogen and oxygen atoms in total. The number of fused-ring (bicyclic) bond motifs is 1. The molecular formula is C16H23N. The van der Waals surface area contributed by atoms with Gasteiger partial charge in [0.05, 0.1) is 0 Å². The molecule has 2 fully saturated rings. The molecular weight excluding hydrogens is 206 g/mol. The van der Waals surface area contributed by atoms with Gasteiger partial charge in [0.25, 0.3) is 0 Å². The molecule has 1 heterocycles. The van der Waals surface area contributed by atoms with Crippen LogP contribution in [0.15, 0.2) is 30.3 Å². The zero-order valence-corrected chi connectivity index (χ0v) is 10.8. The van der Waals surface area contributed by atoms with Crippen molar-refractivity contribution in [3.05, 3.63) is 35.9 Å². The zero-order valence-electron chi connectivity index (χ0n) is 10.8. The van der Waals surface area contributed by atoms with Gasteiger partial charge in [-0.3, -0.25) is 0 Å². The van der Waals surface area contributed by atoms with Crippen molar-refractivity contribution in [3.63, 3.8) is 0 Å². The second-order valence-electron chi connectivity index (χ2n) is 5.79. The van der Waals surface area contributed by atoms with Gasteiger partial charge in [-0.2, -0.15) is 0 Å². The molecule has 1 aromatic rings. The first-order chi connectivity index (χ1) is 8.38. The predicted octanol–water partition coefficient (Wildman–Crippen LogP) is 3.52. The van der Waals surface area contributed by atoms with Crippen LogP contribution in [0.1, 0.15) is 37.7 Å². The molecule has 3 rings (SSSR count). The Morgan fingerprint density at radius 1 is 1.18 bits per heavy atom. The number of nitrogens with zero attached hydrogens (tertiary/aromatic N) is 1. The van der Waals surface area contributed by atoms with Gasteiger partial charge in [-0.05, 0) is 42.7 Å². The van der Waals surface area contributed by atoms with Gasteiger partial charge in [-0.25, -0.2) is 0 Å². The van der Waals surface area contributed by atoms with E-state index in [1.54, 1.807) is 5.56 Å². The lowest BCUT2D eigenvalue weighted by Gasteiger charge is -2.40. The van der Waals surface area contributed by atoms with Crippen LogP contribution in [0.4, 0.5) is 0 Å². The van der Waals surface area contributed by atoms with Crippen molar-refractivity contribution < 1.29 is 0 Å². The van der Waals surface area contributed by atoms with E-state index in [-0.39, 0.29) is 0 Å². The average Bonchev–Trinajstić information content (AvgIpc) is 2.66. The third-order valence-corrected chi connectivity index (χ3v) is 4.70. The number of hydrogen-bond donors (Lipinski definition) is 0. The van der Waals surface area contributed by atoms with E-state index in [4.69, 9.17) is 0 Å². The minimum absolute atomic E-state index is 0.854. The van der Waals surface area contributed by atoms with Crippen LogP contribution in [0.3, 0.4) is 0 Å². The van der Waals surface area contributed by atoms with E-state index in [1.165, 1.54) is 38.9 Å². The number of hydrogen-bond acceptors (Lipinski definition) is 1. The van der Waals surface area contributed by atoms with Gasteiger partial charge in [-0.15, -0.1) is 0 Å². The third kappa shape index (κ3) is 2.13. The minimum atomic E-state index is 0.854. The Balaban J connectivity index is 1.60. The number of unbranched alkanes of at least 4 members (excludes halogenated alkanes) is 1. The van der Waals surface area contributed by atoms with Crippen LogP contribution in [0, 0.1) is 11.8 Å². The maximum absolute atomic E-state index is 2.70. The molecule has 1 aliphatic carbocycles. The van der Waals surface area contributed by atoms with Gasteiger partial charge in [-0.1, -0.05) is 43.7 Å². The number of likely N-dealkylation sites (tertiary alicyclic amines) is 1. The molecule has 0 spiro atoms. The van der Waals surface area contributed by atoms with Gasteiger partial charge in [0.2, 0.25) is 0 Å². The van der Waals surface area contributed by atoms with Crippen molar-refractivity contribution in [1.82, 2.24) is 4.90 Å². The van der Waals surface area contributed by atoms with Crippen LogP contribution in [0.25, 0.3) is 0 Å². The molecule has 1 saturated carbocycles. The SMILES string of the molecule is CCCCN1CC2CC(c3ccccc3)C2C1. The summed E-state index contributed by atoms with van der Waals surface area (Å²) >= 11 is 0. The molecule has 1 aliphatic heterocycles. The van der Waals surface area contributed by atoms with Crippen LogP contribution >= 0.6 is 0 Å². The number of rotatable bonds is 4. The minimum Gasteiger partial charge on any atom is -0.303 e. The van der Waals surface area contributed by atoms with Gasteiger partial charge < -0.3 is 4.90 Å². The first-order valence-corrected chi connectivity index (χ1v) is 7.15. The Labute approximate surface area is 105 Å². The molecule has 0 radical (unpaired) electrons. The van der Waals surface area contributed by atoms with Crippen molar-refractivity contribution >= 4 is 0 Å². The van der Waals surface area contributed by atoms with E-state index in [0.29, 0.717) is 0 Å². The molecule has 0 N–H and O–H groups in total. The maximum atomic E-state index is 2.70. The summed E-state index contributed by atoms with van der Waals surface area (Å²) in [4.78, 5) is 2.70. The molecule has 0 bridgehead atoms. The first-order valence-electron chi connectivity index (χ1n) is 7.15. The molecule has 3 atom stereocenters. The molecule has 1 heteroatoms. The maximum Gasteiger partial charge on any atom is 0.00188 e. The highest BCUT2D eigenvalue weighted by molar-refractivity contribution is 5.25. The fraction of sp³-hybridized carbons (Fsp3) is 0.625. The van der Waals surface area contributed by atoms with Crippen LogP contribution in [-0.2, 0) is 0 Å². The highest BCUT2D eigenvalue weighted by Gasteiger charge is 2.46. The van der Waals surface area contributed by atoms with Crippen molar-refractivity contribution in [3.8, 4) is 0 Å². The van der Waals surface area contributed by atoms with E-state index >= 15 is 0 Å². The lowest BCUT2D eigenvalue weighted by atomic mass is 9.64. The van der Waals surface area contributed by atoms with Crippen LogP contribution in [0.5, 0.6) is 0 Å². The van der Waals surface area contributed by atoms with Crippen molar-refractivity contribution in [2.45, 2.75) is 32.1 Å². The summed E-state index contributed by atoms with van der Waals surface area (Å²) in [7, 11) is 0. The van der Waals surface area contributed by atoms with E-state index < -0.39 is 0 Å². The molecule has 0 amide bonds. The topological polar surface area (TPSA) is 3.24 Å². The second-order valence-corrected chi connectivity index (χ2v) is 5.79. The van der Waals surface area contributed by atoms with Gasteiger partial charge in [0.15, 0.2) is 0 Å². The summed E-state index contributed by atoms with van der Waals surface area (Å²) in [5.41, 5.74) is 1.58. The Morgan fingerprint density at radius 3 is 2.76 bits per heavy atom. The van der Waals surface area contributed by atoms with Gasteiger partial charge >= 0.3 is 0 Å². The summed E-state index contributed by atoms with van der Waals surface area (Å²) in [6, 6.07) is 11.1. The summed E-state index contributed by atoms with van der Waals surface area (Å²) in [5, 5.41) is 0. The fourth-order valence-electron chi connectivity index (χ4n) is 3.65. The van der Waals surface area contributed by atoms with Crippen LogP contribution < -0.4 is 0 Å². The Hall–Kier alpha value is -0.820. The summed E-state index contributed by atoms with van der Waals surface area (Å²) in [6.07, 6.45) is 4.13. The molecule has 0 aromatic heterocycles. The summed E-state index contributed by atoms with van der Waals surface area (Å²) in [6.45, 7) is 6.33. The second kappa shape index (κ2) is 4.81. The number of benzene rings is 1. The average molecular weight is 229 g/mol. The summed E-state index contributed by atoms with van der Waals surface area (Å²) < 4.78 is 0. The molecule has 3 unspecified atom stereocenters. The molecule has 1 saturated heterocycles.